The summed E-state index contributed by atoms with van der Waals surface area (Å²) in [6, 6.07) is 4.06. The maximum atomic E-state index is 4.38. The van der Waals surface area contributed by atoms with Crippen molar-refractivity contribution in [3.8, 4) is 0 Å². The minimum Gasteiger partial charge on any atom is -0.253 e. The highest BCUT2D eigenvalue weighted by atomic mass is 14.7. The maximum Gasteiger partial charge on any atom is 0.0662 e. The third kappa shape index (κ3) is 3.56. The molecule has 14 heavy (non-hydrogen) atoms. The van der Waals surface area contributed by atoms with E-state index in [1.807, 2.05) is 45.9 Å². The Bertz CT molecular complexity index is 388. The van der Waals surface area contributed by atoms with E-state index in [-0.39, 0.29) is 0 Å². The summed E-state index contributed by atoms with van der Waals surface area (Å²) >= 11 is 0. The van der Waals surface area contributed by atoms with Gasteiger partial charge in [0.1, 0.15) is 0 Å². The molecule has 0 fully saturated rings. The summed E-state index contributed by atoms with van der Waals surface area (Å²) in [6.07, 6.45) is 5.74. The molecule has 0 saturated carbocycles. The Morgan fingerprint density at radius 2 is 1.93 bits per heavy atom. The standard InChI is InChI=1S/C11H13N.C2H6/c1-4-6-10-8-7-9(3)12-11(10)5-2;1-2/h4-8H,1H2,2-3H3;1-2H3/b10-6-,11-5+;. The Hall–Kier alpha value is -1.37. The van der Waals surface area contributed by atoms with Crippen LogP contribution in [0.25, 0.3) is 12.2 Å². The number of aryl methyl sites for hydroxylation is 1. The molecule has 0 unspecified atom stereocenters. The number of pyridine rings is 1. The second kappa shape index (κ2) is 7.07. The summed E-state index contributed by atoms with van der Waals surface area (Å²) < 4.78 is 0. The summed E-state index contributed by atoms with van der Waals surface area (Å²) in [5.74, 6) is 0. The Morgan fingerprint density at radius 3 is 2.43 bits per heavy atom. The van der Waals surface area contributed by atoms with Gasteiger partial charge in [0.25, 0.3) is 0 Å². The van der Waals surface area contributed by atoms with E-state index < -0.39 is 0 Å². The van der Waals surface area contributed by atoms with E-state index in [1.54, 1.807) is 6.08 Å². The summed E-state index contributed by atoms with van der Waals surface area (Å²) in [5.41, 5.74) is 1.05. The van der Waals surface area contributed by atoms with Crippen LogP contribution in [-0.4, -0.2) is 4.98 Å². The first kappa shape index (κ1) is 12.6. The van der Waals surface area contributed by atoms with Crippen molar-refractivity contribution in [2.45, 2.75) is 27.7 Å². The van der Waals surface area contributed by atoms with E-state index in [0.29, 0.717) is 0 Å². The van der Waals surface area contributed by atoms with E-state index in [0.717, 1.165) is 16.3 Å². The van der Waals surface area contributed by atoms with Crippen LogP contribution in [0.4, 0.5) is 0 Å². The number of nitrogens with zero attached hydrogens (tertiary/aromatic N) is 1. The van der Waals surface area contributed by atoms with Crippen molar-refractivity contribution in [1.82, 2.24) is 4.98 Å². The molecule has 0 N–H and O–H groups in total. The number of rotatable bonds is 1. The van der Waals surface area contributed by atoms with Crippen LogP contribution in [-0.2, 0) is 0 Å². The monoisotopic (exact) mass is 189 g/mol. The zero-order valence-electron chi connectivity index (χ0n) is 9.54. The minimum atomic E-state index is 1.02. The van der Waals surface area contributed by atoms with Gasteiger partial charge in [0.2, 0.25) is 0 Å². The summed E-state index contributed by atoms with van der Waals surface area (Å²) in [5, 5.41) is 2.15. The molecule has 0 aliphatic heterocycles. The van der Waals surface area contributed by atoms with Gasteiger partial charge in [-0.1, -0.05) is 44.7 Å². The number of hydrogen-bond donors (Lipinski definition) is 0. The molecular weight excluding hydrogens is 170 g/mol. The number of allylic oxidation sites excluding steroid dienone is 1. The molecule has 0 atom stereocenters. The van der Waals surface area contributed by atoms with Crippen LogP contribution >= 0.6 is 0 Å². The first-order valence-corrected chi connectivity index (χ1v) is 5.00. The van der Waals surface area contributed by atoms with Crippen molar-refractivity contribution < 1.29 is 0 Å². The van der Waals surface area contributed by atoms with Crippen LogP contribution in [0.3, 0.4) is 0 Å². The fourth-order valence-corrected chi connectivity index (χ4v) is 1.09. The minimum absolute atomic E-state index is 1.02. The Labute approximate surface area is 86.5 Å². The molecule has 1 rings (SSSR count). The van der Waals surface area contributed by atoms with Crippen LogP contribution in [0.1, 0.15) is 26.5 Å². The Balaban J connectivity index is 0.000000791. The highest BCUT2D eigenvalue weighted by molar-refractivity contribution is 5.36. The molecule has 0 saturated heterocycles. The van der Waals surface area contributed by atoms with Crippen LogP contribution < -0.4 is 10.6 Å². The topological polar surface area (TPSA) is 12.9 Å². The molecular formula is C13H19N. The summed E-state index contributed by atoms with van der Waals surface area (Å²) in [7, 11) is 0. The third-order valence-corrected chi connectivity index (χ3v) is 1.67. The number of aromatic nitrogens is 1. The average molecular weight is 189 g/mol. The van der Waals surface area contributed by atoms with E-state index in [2.05, 4.69) is 17.6 Å². The van der Waals surface area contributed by atoms with Crippen molar-refractivity contribution in [3.05, 3.63) is 41.0 Å². The molecule has 0 aromatic carbocycles. The van der Waals surface area contributed by atoms with E-state index >= 15 is 0 Å². The highest BCUT2D eigenvalue weighted by Gasteiger charge is 1.85. The lowest BCUT2D eigenvalue weighted by Crippen LogP contribution is -2.27. The van der Waals surface area contributed by atoms with Gasteiger partial charge in [-0.2, -0.15) is 0 Å². The van der Waals surface area contributed by atoms with Crippen molar-refractivity contribution >= 4 is 12.2 Å². The van der Waals surface area contributed by atoms with Crippen molar-refractivity contribution in [2.24, 2.45) is 0 Å². The van der Waals surface area contributed by atoms with Crippen molar-refractivity contribution in [1.29, 1.82) is 0 Å². The zero-order valence-corrected chi connectivity index (χ0v) is 9.54. The molecule has 0 amide bonds. The van der Waals surface area contributed by atoms with Crippen LogP contribution in [0.2, 0.25) is 0 Å². The lowest BCUT2D eigenvalue weighted by Gasteiger charge is -1.91. The molecule has 0 aliphatic carbocycles. The molecule has 1 heteroatoms. The van der Waals surface area contributed by atoms with Gasteiger partial charge >= 0.3 is 0 Å². The second-order valence-electron chi connectivity index (χ2n) is 2.62. The largest absolute Gasteiger partial charge is 0.253 e. The predicted octanol–water partition coefficient (Wildman–Crippen LogP) is 2.18. The van der Waals surface area contributed by atoms with Gasteiger partial charge in [-0.25, -0.2) is 0 Å². The van der Waals surface area contributed by atoms with Gasteiger partial charge in [-0.05, 0) is 25.1 Å². The van der Waals surface area contributed by atoms with E-state index in [9.17, 15) is 0 Å². The Morgan fingerprint density at radius 1 is 1.29 bits per heavy atom. The summed E-state index contributed by atoms with van der Waals surface area (Å²) in [6.45, 7) is 11.6. The van der Waals surface area contributed by atoms with Crippen molar-refractivity contribution in [3.63, 3.8) is 0 Å². The molecule has 1 aromatic heterocycles. The maximum absolute atomic E-state index is 4.38. The second-order valence-corrected chi connectivity index (χ2v) is 2.62. The van der Waals surface area contributed by atoms with Gasteiger partial charge < -0.3 is 0 Å². The Kier molecular flexibility index (Phi) is 6.38. The van der Waals surface area contributed by atoms with Gasteiger partial charge in [-0.15, -0.1) is 0 Å². The predicted molar refractivity (Wildman–Crippen MR) is 64.4 cm³/mol. The van der Waals surface area contributed by atoms with Crippen LogP contribution in [0.5, 0.6) is 0 Å². The first-order chi connectivity index (χ1) is 6.77. The molecule has 0 radical (unpaired) electrons. The fourth-order valence-electron chi connectivity index (χ4n) is 1.09. The number of hydrogen-bond acceptors (Lipinski definition) is 1. The van der Waals surface area contributed by atoms with Crippen LogP contribution in [0.15, 0.2) is 24.8 Å². The molecule has 1 heterocycles. The molecule has 0 bridgehead atoms. The van der Waals surface area contributed by atoms with Gasteiger partial charge in [-0.3, -0.25) is 4.98 Å². The normalized spacial score (nSPS) is 12.0. The van der Waals surface area contributed by atoms with Crippen molar-refractivity contribution in [2.75, 3.05) is 0 Å². The first-order valence-electron chi connectivity index (χ1n) is 5.00. The lowest BCUT2D eigenvalue weighted by atomic mass is 10.3. The van der Waals surface area contributed by atoms with E-state index in [4.69, 9.17) is 0 Å². The van der Waals surface area contributed by atoms with Gasteiger partial charge in [0, 0.05) is 5.69 Å². The smallest absolute Gasteiger partial charge is 0.0662 e. The van der Waals surface area contributed by atoms with Gasteiger partial charge in [0.05, 0.1) is 5.35 Å². The molecule has 0 spiro atoms. The fraction of sp³-hybridized carbons (Fsp3) is 0.308. The molecule has 1 nitrogen and oxygen atoms in total. The molecule has 0 aliphatic rings. The summed E-state index contributed by atoms with van der Waals surface area (Å²) in [4.78, 5) is 4.38. The molecule has 1 aromatic rings. The lowest BCUT2D eigenvalue weighted by molar-refractivity contribution is 1.13. The third-order valence-electron chi connectivity index (χ3n) is 1.67. The highest BCUT2D eigenvalue weighted by Crippen LogP contribution is 1.80. The van der Waals surface area contributed by atoms with Gasteiger partial charge in [0.15, 0.2) is 0 Å². The average Bonchev–Trinajstić information content (AvgIpc) is 2.24. The zero-order chi connectivity index (χ0) is 11.0. The quantitative estimate of drug-likeness (QED) is 0.660. The van der Waals surface area contributed by atoms with Crippen LogP contribution in [0, 0.1) is 6.92 Å². The SMILES string of the molecule is C=C/C=c1/ccc(C)n/c1=C/C.CC. The molecule has 76 valence electrons. The van der Waals surface area contributed by atoms with E-state index in [1.165, 1.54) is 0 Å².